The van der Waals surface area contributed by atoms with Gasteiger partial charge in [-0.3, -0.25) is 14.8 Å². The van der Waals surface area contributed by atoms with Gasteiger partial charge in [0.1, 0.15) is 4.90 Å². The summed E-state index contributed by atoms with van der Waals surface area (Å²) < 4.78 is 8.04. The molecular formula is C5H7NO6. The molecule has 0 aromatic heterocycles. The second-order valence-corrected chi connectivity index (χ2v) is 1.73. The van der Waals surface area contributed by atoms with Crippen molar-refractivity contribution in [2.45, 2.75) is 13.8 Å². The highest BCUT2D eigenvalue weighted by atomic mass is 16.8. The van der Waals surface area contributed by atoms with Gasteiger partial charge in [-0.1, -0.05) is 0 Å². The second kappa shape index (κ2) is 4.16. The van der Waals surface area contributed by atoms with Crippen LogP contribution in [0.1, 0.15) is 13.8 Å². The van der Waals surface area contributed by atoms with E-state index in [9.17, 15) is 14.8 Å². The summed E-state index contributed by atoms with van der Waals surface area (Å²) in [6, 6.07) is 0. The molecule has 12 heavy (non-hydrogen) atoms. The van der Waals surface area contributed by atoms with E-state index < -0.39 is 22.9 Å². The van der Waals surface area contributed by atoms with Gasteiger partial charge in [0.05, 0.1) is 0 Å². The zero-order valence-electron chi connectivity index (χ0n) is 6.44. The second-order valence-electron chi connectivity index (χ2n) is 1.73. The fourth-order valence-electron chi connectivity index (χ4n) is 0.345. The molecule has 0 bridgehead atoms. The summed E-state index contributed by atoms with van der Waals surface area (Å²) in [5.74, 6) is -1.78. The highest BCUT2D eigenvalue weighted by Gasteiger charge is 2.20. The largest absolute Gasteiger partial charge is 0.629 e. The van der Waals surface area contributed by atoms with E-state index in [2.05, 4.69) is 9.47 Å². The summed E-state index contributed by atoms with van der Waals surface area (Å²) in [5, 5.41) is 18.3. The summed E-state index contributed by atoms with van der Waals surface area (Å²) in [5.41, 5.74) is 0. The predicted octanol–water partition coefficient (Wildman–Crippen LogP) is -0.632. The first-order valence-corrected chi connectivity index (χ1v) is 2.83. The highest BCUT2D eigenvalue weighted by Crippen LogP contribution is 1.87. The Morgan fingerprint density at radius 3 is 1.75 bits per heavy atom. The van der Waals surface area contributed by atoms with Crippen LogP contribution in [-0.2, 0) is 19.1 Å². The van der Waals surface area contributed by atoms with E-state index in [-0.39, 0.29) is 0 Å². The van der Waals surface area contributed by atoms with E-state index in [0.717, 1.165) is 13.8 Å². The van der Waals surface area contributed by atoms with E-state index in [1.54, 1.807) is 0 Å². The van der Waals surface area contributed by atoms with Crippen LogP contribution in [0.4, 0.5) is 0 Å². The monoisotopic (exact) mass is 177 g/mol. The molecule has 0 radical (unpaired) electrons. The predicted molar refractivity (Wildman–Crippen MR) is 34.0 cm³/mol. The van der Waals surface area contributed by atoms with Crippen molar-refractivity contribution in [1.82, 2.24) is 0 Å². The number of carbonyl (C=O) groups excluding carboxylic acids is 2. The van der Waals surface area contributed by atoms with Crippen LogP contribution < -0.4 is 0 Å². The van der Waals surface area contributed by atoms with E-state index >= 15 is 0 Å². The van der Waals surface area contributed by atoms with Gasteiger partial charge in [-0.15, -0.1) is 0 Å². The molecule has 0 aromatic rings. The molecule has 0 unspecified atom stereocenters. The average molecular weight is 177 g/mol. The normalized spacial score (nSPS) is 8.50. The molecule has 68 valence electrons. The number of carbonyl (C=O) groups is 2. The smallest absolute Gasteiger partial charge is 0.412 e. The van der Waals surface area contributed by atoms with Crippen LogP contribution >= 0.6 is 0 Å². The molecule has 0 atom stereocenters. The van der Waals surface area contributed by atoms with Crippen molar-refractivity contribution in [2.24, 2.45) is 0 Å². The molecule has 0 heterocycles. The molecule has 0 amide bonds. The molecule has 7 nitrogen and oxygen atoms in total. The maximum atomic E-state index is 10.2. The fourth-order valence-corrected chi connectivity index (χ4v) is 0.345. The standard InChI is InChI=1S/C5H7NO6/c1-3(7)11-5(6(9)10)12-4(2)8/h1-2H3,(H,9,10). The Bertz CT molecular complexity index is 210. The maximum absolute atomic E-state index is 10.2. The third kappa shape index (κ3) is 4.09. The van der Waals surface area contributed by atoms with Crippen LogP contribution in [0.3, 0.4) is 0 Å². The highest BCUT2D eigenvalue weighted by molar-refractivity contribution is 5.87. The van der Waals surface area contributed by atoms with Crippen molar-refractivity contribution in [2.75, 3.05) is 0 Å². The lowest BCUT2D eigenvalue weighted by molar-refractivity contribution is -0.735. The molecule has 1 N–H and O–H groups in total. The topological polar surface area (TPSA) is 98.9 Å². The molecule has 0 aliphatic carbocycles. The van der Waals surface area contributed by atoms with Gasteiger partial charge in [-0.25, -0.2) is 0 Å². The third-order valence-corrected chi connectivity index (χ3v) is 0.618. The first-order valence-electron chi connectivity index (χ1n) is 2.83. The van der Waals surface area contributed by atoms with Gasteiger partial charge in [0, 0.05) is 13.8 Å². The Morgan fingerprint density at radius 2 is 1.58 bits per heavy atom. The van der Waals surface area contributed by atoms with E-state index in [1.165, 1.54) is 0 Å². The first kappa shape index (κ1) is 10.2. The number of hydrogen-bond acceptors (Lipinski definition) is 6. The minimum absolute atomic E-state index is 0.858. The quantitative estimate of drug-likeness (QED) is 0.132. The Hall–Kier alpha value is -1.79. The van der Waals surface area contributed by atoms with Crippen molar-refractivity contribution in [3.8, 4) is 0 Å². The summed E-state index contributed by atoms with van der Waals surface area (Å²) in [6.45, 7) is 1.96. The van der Waals surface area contributed by atoms with Crippen LogP contribution in [0.2, 0.25) is 0 Å². The zero-order chi connectivity index (χ0) is 9.72. The summed E-state index contributed by atoms with van der Waals surface area (Å²) in [4.78, 5) is 19.6. The van der Waals surface area contributed by atoms with Crippen LogP contribution in [0.25, 0.3) is 0 Å². The molecule has 0 fully saturated rings. The van der Waals surface area contributed by atoms with Gasteiger partial charge in [0.25, 0.3) is 0 Å². The minimum atomic E-state index is -1.12. The van der Waals surface area contributed by atoms with Crippen molar-refractivity contribution in [3.63, 3.8) is 0 Å². The molecule has 0 saturated carbocycles. The minimum Gasteiger partial charge on any atom is -0.412 e. The van der Waals surface area contributed by atoms with Crippen molar-refractivity contribution >= 4 is 18.0 Å². The van der Waals surface area contributed by atoms with Crippen molar-refractivity contribution < 1.29 is 29.2 Å². The summed E-state index contributed by atoms with van der Waals surface area (Å²) in [7, 11) is 0. The van der Waals surface area contributed by atoms with Gasteiger partial charge in [-0.05, 0) is 0 Å². The first-order chi connectivity index (χ1) is 5.43. The molecule has 0 aromatic carbocycles. The molecule has 0 rings (SSSR count). The maximum Gasteiger partial charge on any atom is 0.629 e. The Morgan fingerprint density at radius 1 is 1.25 bits per heavy atom. The fraction of sp³-hybridized carbons (Fsp3) is 0.400. The molecule has 0 spiro atoms. The van der Waals surface area contributed by atoms with E-state index in [1.807, 2.05) is 0 Å². The Balaban J connectivity index is 4.37. The molecule has 0 aliphatic heterocycles. The van der Waals surface area contributed by atoms with E-state index in [0.29, 0.717) is 0 Å². The van der Waals surface area contributed by atoms with Gasteiger partial charge in [0.2, 0.25) is 0 Å². The number of rotatable bonds is 0. The lowest BCUT2D eigenvalue weighted by atomic mass is 10.8. The van der Waals surface area contributed by atoms with Crippen LogP contribution in [-0.4, -0.2) is 28.1 Å². The number of esters is 2. The summed E-state index contributed by atoms with van der Waals surface area (Å²) in [6.07, 6.45) is -1.12. The molecule has 0 aliphatic rings. The van der Waals surface area contributed by atoms with Gasteiger partial charge < -0.3 is 14.7 Å². The number of nitrogens with zero attached hydrogens (tertiary/aromatic N) is 1. The Labute approximate surface area is 67.4 Å². The SMILES string of the molecule is CC(=O)OC(OC(C)=O)=[N+]([O-])O. The lowest BCUT2D eigenvalue weighted by Crippen LogP contribution is -2.24. The zero-order valence-corrected chi connectivity index (χ0v) is 6.44. The molecule has 7 heteroatoms. The van der Waals surface area contributed by atoms with Crippen LogP contribution in [0, 0.1) is 5.21 Å². The van der Waals surface area contributed by atoms with E-state index in [4.69, 9.17) is 5.21 Å². The van der Waals surface area contributed by atoms with Crippen molar-refractivity contribution in [1.29, 1.82) is 0 Å². The Kier molecular flexibility index (Phi) is 3.54. The number of ether oxygens (including phenoxy) is 2. The molecular weight excluding hydrogens is 170 g/mol. The number of hydrogen-bond donors (Lipinski definition) is 1. The van der Waals surface area contributed by atoms with Gasteiger partial charge >= 0.3 is 18.0 Å². The molecule has 0 saturated heterocycles. The average Bonchev–Trinajstić information content (AvgIpc) is 1.83. The van der Waals surface area contributed by atoms with Gasteiger partial charge in [0.15, 0.2) is 0 Å². The van der Waals surface area contributed by atoms with Crippen molar-refractivity contribution in [3.05, 3.63) is 5.21 Å². The van der Waals surface area contributed by atoms with Gasteiger partial charge in [-0.2, -0.15) is 0 Å². The van der Waals surface area contributed by atoms with Crippen LogP contribution in [0.15, 0.2) is 0 Å². The summed E-state index contributed by atoms with van der Waals surface area (Å²) >= 11 is 0. The lowest BCUT2D eigenvalue weighted by Gasteiger charge is -1.98. The van der Waals surface area contributed by atoms with Crippen LogP contribution in [0.5, 0.6) is 0 Å². The third-order valence-electron chi connectivity index (χ3n) is 0.618.